The van der Waals surface area contributed by atoms with Gasteiger partial charge in [0.15, 0.2) is 0 Å². The highest BCUT2D eigenvalue weighted by Gasteiger charge is 2.22. The Kier molecular flexibility index (Phi) is 4.42. The van der Waals surface area contributed by atoms with Crippen LogP contribution < -0.4 is 5.32 Å². The quantitative estimate of drug-likeness (QED) is 0.505. The van der Waals surface area contributed by atoms with E-state index in [1.165, 1.54) is 26.4 Å². The molecule has 0 aliphatic heterocycles. The van der Waals surface area contributed by atoms with Gasteiger partial charge in [-0.3, -0.25) is 4.40 Å². The zero-order valence-electron chi connectivity index (χ0n) is 16.3. The number of hydrogen-bond donors (Lipinski definition) is 2. The highest BCUT2D eigenvalue weighted by atomic mass is 16.5. The van der Waals surface area contributed by atoms with Gasteiger partial charge in [-0.1, -0.05) is 19.3 Å². The molecule has 1 saturated carbocycles. The predicted molar refractivity (Wildman–Crippen MR) is 112 cm³/mol. The molecule has 4 heterocycles. The number of aromatic nitrogens is 4. The second-order valence-electron chi connectivity index (χ2n) is 7.53. The lowest BCUT2D eigenvalue weighted by Gasteiger charge is -2.24. The standard InChI is InChI=1S/C22H23N5O2/c1-29-22(28)14-9-10-18-26-19(17-12-24-20-16(17)8-5-11-23-20)21(27(18)13-14)25-15-6-3-2-4-7-15/h5,8-13,15,25H,2-4,6-7H2,1H3,(H,23,24). The molecule has 0 spiro atoms. The van der Waals surface area contributed by atoms with Crippen molar-refractivity contribution in [2.24, 2.45) is 0 Å². The number of methoxy groups -OCH3 is 1. The first kappa shape index (κ1) is 17.7. The number of pyridine rings is 2. The number of hydrogen-bond acceptors (Lipinski definition) is 5. The van der Waals surface area contributed by atoms with E-state index in [2.05, 4.69) is 15.3 Å². The minimum absolute atomic E-state index is 0.359. The number of nitrogens with one attached hydrogen (secondary N) is 2. The van der Waals surface area contributed by atoms with Gasteiger partial charge in [-0.15, -0.1) is 0 Å². The molecule has 4 aromatic heterocycles. The van der Waals surface area contributed by atoms with Gasteiger partial charge in [-0.05, 0) is 37.1 Å². The Balaban J connectivity index is 1.69. The van der Waals surface area contributed by atoms with E-state index in [4.69, 9.17) is 9.72 Å². The molecule has 0 amide bonds. The second-order valence-corrected chi connectivity index (χ2v) is 7.53. The fourth-order valence-electron chi connectivity index (χ4n) is 4.20. The van der Waals surface area contributed by atoms with Gasteiger partial charge in [0.1, 0.15) is 22.8 Å². The molecular formula is C22H23N5O2. The Bertz CT molecular complexity index is 1190. The summed E-state index contributed by atoms with van der Waals surface area (Å²) in [6.45, 7) is 0. The zero-order valence-corrected chi connectivity index (χ0v) is 16.3. The average molecular weight is 389 g/mol. The molecular weight excluding hydrogens is 366 g/mol. The number of aromatic amines is 1. The van der Waals surface area contributed by atoms with Crippen LogP contribution in [0.1, 0.15) is 42.5 Å². The molecule has 29 heavy (non-hydrogen) atoms. The van der Waals surface area contributed by atoms with Gasteiger partial charge in [0, 0.05) is 35.6 Å². The number of nitrogens with zero attached hydrogens (tertiary/aromatic N) is 3. The van der Waals surface area contributed by atoms with Crippen LogP contribution in [0.2, 0.25) is 0 Å². The molecule has 0 aromatic carbocycles. The summed E-state index contributed by atoms with van der Waals surface area (Å²) in [6.07, 6.45) is 11.6. The summed E-state index contributed by atoms with van der Waals surface area (Å²) in [7, 11) is 1.39. The maximum Gasteiger partial charge on any atom is 0.339 e. The molecule has 7 nitrogen and oxygen atoms in total. The van der Waals surface area contributed by atoms with Gasteiger partial charge in [-0.2, -0.15) is 0 Å². The van der Waals surface area contributed by atoms with Crippen LogP contribution in [0.15, 0.2) is 42.9 Å². The third-order valence-electron chi connectivity index (χ3n) is 5.69. The number of fused-ring (bicyclic) bond motifs is 2. The van der Waals surface area contributed by atoms with Crippen LogP contribution in [-0.2, 0) is 4.74 Å². The molecule has 4 aromatic rings. The lowest BCUT2D eigenvalue weighted by molar-refractivity contribution is 0.0600. The molecule has 7 heteroatoms. The SMILES string of the molecule is COC(=O)c1ccc2nc(-c3c[nH]c4ncccc34)c(NC3CCCCC3)n2c1. The Morgan fingerprint density at radius 1 is 1.24 bits per heavy atom. The third-order valence-corrected chi connectivity index (χ3v) is 5.69. The first-order valence-corrected chi connectivity index (χ1v) is 10.0. The van der Waals surface area contributed by atoms with Gasteiger partial charge in [-0.25, -0.2) is 14.8 Å². The molecule has 0 unspecified atom stereocenters. The number of carbonyl (C=O) groups excluding carboxylic acids is 1. The molecule has 0 radical (unpaired) electrons. The fraction of sp³-hybridized carbons (Fsp3) is 0.318. The van der Waals surface area contributed by atoms with E-state index in [0.29, 0.717) is 11.6 Å². The number of anilines is 1. The fourth-order valence-corrected chi connectivity index (χ4v) is 4.20. The summed E-state index contributed by atoms with van der Waals surface area (Å²) in [5.74, 6) is 0.546. The number of rotatable bonds is 4. The number of H-pyrrole nitrogens is 1. The molecule has 2 N–H and O–H groups in total. The predicted octanol–water partition coefficient (Wildman–Crippen LogP) is 4.41. The Morgan fingerprint density at radius 3 is 2.93 bits per heavy atom. The van der Waals surface area contributed by atoms with Crippen LogP contribution in [0.5, 0.6) is 0 Å². The highest BCUT2D eigenvalue weighted by molar-refractivity contribution is 5.96. The van der Waals surface area contributed by atoms with Gasteiger partial charge in [0.25, 0.3) is 0 Å². The van der Waals surface area contributed by atoms with Crippen molar-refractivity contribution in [2.45, 2.75) is 38.1 Å². The van der Waals surface area contributed by atoms with Crippen molar-refractivity contribution in [1.29, 1.82) is 0 Å². The first-order chi connectivity index (χ1) is 14.2. The largest absolute Gasteiger partial charge is 0.465 e. The van der Waals surface area contributed by atoms with Crippen molar-refractivity contribution in [2.75, 3.05) is 12.4 Å². The monoisotopic (exact) mass is 389 g/mol. The molecule has 148 valence electrons. The van der Waals surface area contributed by atoms with Crippen molar-refractivity contribution in [1.82, 2.24) is 19.4 Å². The van der Waals surface area contributed by atoms with E-state index < -0.39 is 0 Å². The average Bonchev–Trinajstić information content (AvgIpc) is 3.35. The van der Waals surface area contributed by atoms with Crippen LogP contribution in [-0.4, -0.2) is 38.5 Å². The lowest BCUT2D eigenvalue weighted by Crippen LogP contribution is -2.23. The molecule has 0 atom stereocenters. The molecule has 0 saturated heterocycles. The van der Waals surface area contributed by atoms with Crippen molar-refractivity contribution >= 4 is 28.5 Å². The first-order valence-electron chi connectivity index (χ1n) is 10.0. The van der Waals surface area contributed by atoms with Crippen molar-refractivity contribution in [3.8, 4) is 11.3 Å². The zero-order chi connectivity index (χ0) is 19.8. The topological polar surface area (TPSA) is 84.3 Å². The third kappa shape index (κ3) is 3.12. The van der Waals surface area contributed by atoms with Crippen molar-refractivity contribution < 1.29 is 9.53 Å². The molecule has 5 rings (SSSR count). The van der Waals surface area contributed by atoms with Crippen LogP contribution >= 0.6 is 0 Å². The van der Waals surface area contributed by atoms with Crippen molar-refractivity contribution in [3.63, 3.8) is 0 Å². The van der Waals surface area contributed by atoms with Gasteiger partial charge >= 0.3 is 5.97 Å². The number of imidazole rings is 1. The van der Waals surface area contributed by atoms with E-state index in [1.54, 1.807) is 18.5 Å². The minimum atomic E-state index is -0.359. The van der Waals surface area contributed by atoms with E-state index in [0.717, 1.165) is 46.6 Å². The summed E-state index contributed by atoms with van der Waals surface area (Å²) >= 11 is 0. The number of ether oxygens (including phenoxy) is 1. The van der Waals surface area contributed by atoms with E-state index in [-0.39, 0.29) is 5.97 Å². The van der Waals surface area contributed by atoms with Gasteiger partial charge < -0.3 is 15.0 Å². The molecule has 1 fully saturated rings. The van der Waals surface area contributed by atoms with Crippen molar-refractivity contribution in [3.05, 3.63) is 48.4 Å². The van der Waals surface area contributed by atoms with E-state index in [1.807, 2.05) is 28.8 Å². The van der Waals surface area contributed by atoms with Crippen LogP contribution in [0.25, 0.3) is 27.9 Å². The Labute approximate surface area is 168 Å². The smallest absolute Gasteiger partial charge is 0.339 e. The molecule has 1 aliphatic carbocycles. The number of esters is 1. The normalized spacial score (nSPS) is 15.1. The Morgan fingerprint density at radius 2 is 2.10 bits per heavy atom. The van der Waals surface area contributed by atoms with Crippen LogP contribution in [0, 0.1) is 0 Å². The second kappa shape index (κ2) is 7.24. The summed E-state index contributed by atoms with van der Waals surface area (Å²) in [5, 5.41) is 4.75. The molecule has 0 bridgehead atoms. The summed E-state index contributed by atoms with van der Waals surface area (Å²) in [6, 6.07) is 7.97. The van der Waals surface area contributed by atoms with Gasteiger partial charge in [0.2, 0.25) is 0 Å². The van der Waals surface area contributed by atoms with E-state index in [9.17, 15) is 4.79 Å². The summed E-state index contributed by atoms with van der Waals surface area (Å²) < 4.78 is 6.87. The summed E-state index contributed by atoms with van der Waals surface area (Å²) in [4.78, 5) is 24.6. The van der Waals surface area contributed by atoms with E-state index >= 15 is 0 Å². The van der Waals surface area contributed by atoms with Crippen LogP contribution in [0.4, 0.5) is 5.82 Å². The minimum Gasteiger partial charge on any atom is -0.465 e. The Hall–Kier alpha value is -3.35. The highest BCUT2D eigenvalue weighted by Crippen LogP contribution is 2.35. The maximum absolute atomic E-state index is 12.1. The van der Waals surface area contributed by atoms with Crippen LogP contribution in [0.3, 0.4) is 0 Å². The summed E-state index contributed by atoms with van der Waals surface area (Å²) in [5.41, 5.74) is 3.96. The van der Waals surface area contributed by atoms with Gasteiger partial charge in [0.05, 0.1) is 12.7 Å². The maximum atomic E-state index is 12.1. The molecule has 1 aliphatic rings. The number of carbonyl (C=O) groups is 1. The lowest BCUT2D eigenvalue weighted by atomic mass is 9.95.